The van der Waals surface area contributed by atoms with Crippen LogP contribution in [0.15, 0.2) is 36.4 Å². The molecule has 102 valence electrons. The highest BCUT2D eigenvalue weighted by molar-refractivity contribution is 5.46. The molecule has 0 radical (unpaired) electrons. The highest BCUT2D eigenvalue weighted by atomic mass is 15.0. The Labute approximate surface area is 116 Å². The molecule has 0 aliphatic rings. The smallest absolute Gasteiger partial charge is 0.0502 e. The quantitative estimate of drug-likeness (QED) is 0.850. The van der Waals surface area contributed by atoms with E-state index < -0.39 is 0 Å². The standard InChI is InChI=1S/C17H24N2/c1-5-12-18-15(4)16-8-6-7-9-17(16)19-13(2)10-11-14(19)3/h6-11,15,18H,5,12H2,1-4H3. The lowest BCUT2D eigenvalue weighted by Gasteiger charge is -2.20. The third-order valence-corrected chi connectivity index (χ3v) is 3.62. The van der Waals surface area contributed by atoms with Gasteiger partial charge >= 0.3 is 0 Å². The molecular formula is C17H24N2. The summed E-state index contributed by atoms with van der Waals surface area (Å²) in [7, 11) is 0. The summed E-state index contributed by atoms with van der Waals surface area (Å²) >= 11 is 0. The van der Waals surface area contributed by atoms with Crippen molar-refractivity contribution in [1.82, 2.24) is 9.88 Å². The Bertz CT molecular complexity index is 520. The van der Waals surface area contributed by atoms with Gasteiger partial charge in [0.05, 0.1) is 5.69 Å². The van der Waals surface area contributed by atoms with Crippen LogP contribution in [-0.4, -0.2) is 11.1 Å². The first kappa shape index (κ1) is 13.9. The molecule has 1 unspecified atom stereocenters. The molecule has 0 saturated carbocycles. The molecule has 0 saturated heterocycles. The maximum atomic E-state index is 3.58. The molecule has 1 aromatic carbocycles. The van der Waals surface area contributed by atoms with Crippen molar-refractivity contribution < 1.29 is 0 Å². The van der Waals surface area contributed by atoms with Gasteiger partial charge in [0, 0.05) is 17.4 Å². The summed E-state index contributed by atoms with van der Waals surface area (Å²) in [6.45, 7) is 9.81. The summed E-state index contributed by atoms with van der Waals surface area (Å²) in [4.78, 5) is 0. The molecule has 1 N–H and O–H groups in total. The average Bonchev–Trinajstić information content (AvgIpc) is 2.75. The predicted octanol–water partition coefficient (Wildman–Crippen LogP) is 4.15. The first-order valence-corrected chi connectivity index (χ1v) is 7.12. The molecule has 2 heteroatoms. The van der Waals surface area contributed by atoms with E-state index in [1.165, 1.54) is 22.6 Å². The summed E-state index contributed by atoms with van der Waals surface area (Å²) in [5, 5.41) is 3.58. The van der Waals surface area contributed by atoms with Gasteiger partial charge in [-0.15, -0.1) is 0 Å². The first-order valence-electron chi connectivity index (χ1n) is 7.12. The minimum atomic E-state index is 0.373. The number of benzene rings is 1. The highest BCUT2D eigenvalue weighted by Crippen LogP contribution is 2.24. The molecule has 0 spiro atoms. The Kier molecular flexibility index (Phi) is 4.43. The summed E-state index contributed by atoms with van der Waals surface area (Å²) in [6.07, 6.45) is 1.16. The number of nitrogens with one attached hydrogen (secondary N) is 1. The molecule has 2 rings (SSSR count). The number of hydrogen-bond acceptors (Lipinski definition) is 1. The monoisotopic (exact) mass is 256 g/mol. The van der Waals surface area contributed by atoms with Crippen molar-refractivity contribution in [2.24, 2.45) is 0 Å². The normalized spacial score (nSPS) is 12.6. The van der Waals surface area contributed by atoms with Crippen LogP contribution < -0.4 is 5.32 Å². The van der Waals surface area contributed by atoms with Gasteiger partial charge in [-0.3, -0.25) is 0 Å². The van der Waals surface area contributed by atoms with Crippen LogP contribution >= 0.6 is 0 Å². The third kappa shape index (κ3) is 2.90. The van der Waals surface area contributed by atoms with E-state index in [9.17, 15) is 0 Å². The highest BCUT2D eigenvalue weighted by Gasteiger charge is 2.12. The average molecular weight is 256 g/mol. The molecule has 0 aliphatic carbocycles. The number of hydrogen-bond donors (Lipinski definition) is 1. The first-order chi connectivity index (χ1) is 9.15. The van der Waals surface area contributed by atoms with Crippen molar-refractivity contribution in [3.63, 3.8) is 0 Å². The second-order valence-electron chi connectivity index (χ2n) is 5.19. The van der Waals surface area contributed by atoms with E-state index in [0.29, 0.717) is 6.04 Å². The topological polar surface area (TPSA) is 17.0 Å². The lowest BCUT2D eigenvalue weighted by molar-refractivity contribution is 0.568. The van der Waals surface area contributed by atoms with Crippen molar-refractivity contribution in [2.75, 3.05) is 6.54 Å². The summed E-state index contributed by atoms with van der Waals surface area (Å²) in [5.41, 5.74) is 5.22. The fourth-order valence-electron chi connectivity index (χ4n) is 2.58. The Morgan fingerprint density at radius 2 is 1.68 bits per heavy atom. The molecule has 0 bridgehead atoms. The fourth-order valence-corrected chi connectivity index (χ4v) is 2.58. The summed E-state index contributed by atoms with van der Waals surface area (Å²) < 4.78 is 2.33. The molecule has 1 aromatic heterocycles. The van der Waals surface area contributed by atoms with Crippen LogP contribution in [0.4, 0.5) is 0 Å². The molecule has 0 fully saturated rings. The van der Waals surface area contributed by atoms with Gasteiger partial charge in [-0.25, -0.2) is 0 Å². The fraction of sp³-hybridized carbons (Fsp3) is 0.412. The molecule has 0 aliphatic heterocycles. The zero-order valence-corrected chi connectivity index (χ0v) is 12.4. The zero-order valence-electron chi connectivity index (χ0n) is 12.4. The van der Waals surface area contributed by atoms with E-state index in [4.69, 9.17) is 0 Å². The maximum absolute atomic E-state index is 3.58. The Balaban J connectivity index is 2.42. The maximum Gasteiger partial charge on any atom is 0.0502 e. The van der Waals surface area contributed by atoms with Crippen molar-refractivity contribution in [2.45, 2.75) is 40.2 Å². The number of aromatic nitrogens is 1. The molecular weight excluding hydrogens is 232 g/mol. The number of rotatable bonds is 5. The van der Waals surface area contributed by atoms with Crippen molar-refractivity contribution in [3.05, 3.63) is 53.3 Å². The molecule has 0 amide bonds. The number of para-hydroxylation sites is 1. The van der Waals surface area contributed by atoms with Gasteiger partial charge in [-0.1, -0.05) is 25.1 Å². The summed E-state index contributed by atoms with van der Waals surface area (Å²) in [5.74, 6) is 0. The van der Waals surface area contributed by atoms with Gasteiger partial charge in [-0.05, 0) is 57.5 Å². The van der Waals surface area contributed by atoms with Crippen LogP contribution in [0.1, 0.15) is 43.3 Å². The number of aryl methyl sites for hydroxylation is 2. The minimum Gasteiger partial charge on any atom is -0.318 e. The van der Waals surface area contributed by atoms with E-state index >= 15 is 0 Å². The molecule has 1 heterocycles. The van der Waals surface area contributed by atoms with E-state index in [0.717, 1.165) is 13.0 Å². The minimum absolute atomic E-state index is 0.373. The Hall–Kier alpha value is -1.54. The lowest BCUT2D eigenvalue weighted by atomic mass is 10.1. The van der Waals surface area contributed by atoms with Crippen molar-refractivity contribution in [1.29, 1.82) is 0 Å². The van der Waals surface area contributed by atoms with E-state index in [2.05, 4.69) is 74.0 Å². The van der Waals surface area contributed by atoms with Crippen molar-refractivity contribution >= 4 is 0 Å². The summed E-state index contributed by atoms with van der Waals surface area (Å²) in [6, 6.07) is 13.4. The van der Waals surface area contributed by atoms with Crippen LogP contribution in [0.25, 0.3) is 5.69 Å². The Morgan fingerprint density at radius 3 is 2.32 bits per heavy atom. The van der Waals surface area contributed by atoms with E-state index in [1.807, 2.05) is 0 Å². The van der Waals surface area contributed by atoms with Gasteiger partial charge in [0.1, 0.15) is 0 Å². The van der Waals surface area contributed by atoms with E-state index in [-0.39, 0.29) is 0 Å². The lowest BCUT2D eigenvalue weighted by Crippen LogP contribution is -2.21. The van der Waals surface area contributed by atoms with E-state index in [1.54, 1.807) is 0 Å². The van der Waals surface area contributed by atoms with Crippen LogP contribution in [0.2, 0.25) is 0 Å². The molecule has 2 nitrogen and oxygen atoms in total. The SMILES string of the molecule is CCCNC(C)c1ccccc1-n1c(C)ccc1C. The molecule has 1 atom stereocenters. The second-order valence-corrected chi connectivity index (χ2v) is 5.19. The molecule has 2 aromatic rings. The van der Waals surface area contributed by atoms with Gasteiger partial charge in [0.2, 0.25) is 0 Å². The number of nitrogens with zero attached hydrogens (tertiary/aromatic N) is 1. The second kappa shape index (κ2) is 6.07. The predicted molar refractivity (Wildman–Crippen MR) is 82.0 cm³/mol. The van der Waals surface area contributed by atoms with Gasteiger partial charge in [-0.2, -0.15) is 0 Å². The third-order valence-electron chi connectivity index (χ3n) is 3.62. The molecule has 19 heavy (non-hydrogen) atoms. The van der Waals surface area contributed by atoms with Gasteiger partial charge < -0.3 is 9.88 Å². The van der Waals surface area contributed by atoms with Gasteiger partial charge in [0.15, 0.2) is 0 Å². The zero-order chi connectivity index (χ0) is 13.8. The Morgan fingerprint density at radius 1 is 1.05 bits per heavy atom. The van der Waals surface area contributed by atoms with Crippen LogP contribution in [0.5, 0.6) is 0 Å². The largest absolute Gasteiger partial charge is 0.318 e. The van der Waals surface area contributed by atoms with Crippen LogP contribution in [-0.2, 0) is 0 Å². The van der Waals surface area contributed by atoms with Gasteiger partial charge in [0.25, 0.3) is 0 Å². The van der Waals surface area contributed by atoms with Crippen molar-refractivity contribution in [3.8, 4) is 5.69 Å². The van der Waals surface area contributed by atoms with Crippen LogP contribution in [0.3, 0.4) is 0 Å². The van der Waals surface area contributed by atoms with Crippen LogP contribution in [0, 0.1) is 13.8 Å².